The number of nitrogens with zero attached hydrogens (tertiary/aromatic N) is 1. The Labute approximate surface area is 148 Å². The summed E-state index contributed by atoms with van der Waals surface area (Å²) in [4.78, 5) is 14.8. The number of thiocarbonyl (C=S) groups is 1. The second kappa shape index (κ2) is 6.74. The number of hydrogen-bond donors (Lipinski definition) is 0. The van der Waals surface area contributed by atoms with Crippen molar-refractivity contribution >= 4 is 57.6 Å². The molecule has 0 bridgehead atoms. The molecule has 116 valence electrons. The maximum atomic E-state index is 12.7. The summed E-state index contributed by atoms with van der Waals surface area (Å²) in [5.74, 6) is 0.543. The monoisotopic (exact) mass is 361 g/mol. The Balaban J connectivity index is 1.91. The number of rotatable bonds is 3. The quantitative estimate of drug-likeness (QED) is 0.582. The number of hydrogen-bond acceptors (Lipinski definition) is 4. The molecule has 1 saturated heterocycles. The van der Waals surface area contributed by atoms with Gasteiger partial charge in [-0.1, -0.05) is 53.8 Å². The average molecular weight is 362 g/mol. The van der Waals surface area contributed by atoms with Gasteiger partial charge in [-0.05, 0) is 35.9 Å². The molecule has 3 rings (SSSR count). The fraction of sp³-hybridized carbons (Fsp3) is 0.0588. The highest BCUT2D eigenvalue weighted by atomic mass is 35.5. The normalized spacial score (nSPS) is 16.3. The molecule has 2 aromatic rings. The van der Waals surface area contributed by atoms with Gasteiger partial charge in [0.25, 0.3) is 5.91 Å². The number of carbonyl (C=O) groups excluding carboxylic acids is 1. The first-order chi connectivity index (χ1) is 11.1. The Hall–Kier alpha value is -1.82. The van der Waals surface area contributed by atoms with Crippen LogP contribution in [0.3, 0.4) is 0 Å². The Morgan fingerprint density at radius 3 is 2.65 bits per heavy atom. The van der Waals surface area contributed by atoms with E-state index >= 15 is 0 Å². The molecule has 0 aliphatic carbocycles. The fourth-order valence-corrected chi connectivity index (χ4v) is 3.58. The number of anilines is 1. The van der Waals surface area contributed by atoms with Crippen molar-refractivity contribution in [2.75, 3.05) is 12.0 Å². The van der Waals surface area contributed by atoms with Crippen LogP contribution in [0.1, 0.15) is 5.56 Å². The highest BCUT2D eigenvalue weighted by Crippen LogP contribution is 2.37. The van der Waals surface area contributed by atoms with Crippen molar-refractivity contribution in [2.45, 2.75) is 0 Å². The number of methoxy groups -OCH3 is 1. The molecule has 23 heavy (non-hydrogen) atoms. The van der Waals surface area contributed by atoms with Crippen molar-refractivity contribution in [3.8, 4) is 5.75 Å². The zero-order valence-electron chi connectivity index (χ0n) is 12.2. The van der Waals surface area contributed by atoms with Crippen LogP contribution < -0.4 is 9.64 Å². The number of carbonyl (C=O) groups is 1. The molecule has 0 spiro atoms. The number of halogens is 1. The maximum absolute atomic E-state index is 12.7. The van der Waals surface area contributed by atoms with Gasteiger partial charge in [0.15, 0.2) is 4.32 Å². The lowest BCUT2D eigenvalue weighted by atomic mass is 10.2. The van der Waals surface area contributed by atoms with E-state index < -0.39 is 0 Å². The number of thioether (sulfide) groups is 1. The van der Waals surface area contributed by atoms with E-state index in [1.807, 2.05) is 36.4 Å². The van der Waals surface area contributed by atoms with E-state index in [0.29, 0.717) is 25.7 Å². The minimum Gasteiger partial charge on any atom is -0.497 e. The van der Waals surface area contributed by atoms with E-state index in [1.54, 1.807) is 25.3 Å². The van der Waals surface area contributed by atoms with Gasteiger partial charge in [-0.2, -0.15) is 0 Å². The summed E-state index contributed by atoms with van der Waals surface area (Å²) in [7, 11) is 1.59. The topological polar surface area (TPSA) is 29.5 Å². The van der Waals surface area contributed by atoms with E-state index in [4.69, 9.17) is 28.6 Å². The van der Waals surface area contributed by atoms with Crippen LogP contribution in [-0.4, -0.2) is 17.3 Å². The third-order valence-corrected chi connectivity index (χ3v) is 4.83. The lowest BCUT2D eigenvalue weighted by molar-refractivity contribution is -0.113. The minimum absolute atomic E-state index is 0.136. The van der Waals surface area contributed by atoms with Gasteiger partial charge in [-0.15, -0.1) is 0 Å². The largest absolute Gasteiger partial charge is 0.497 e. The Bertz CT molecular complexity index is 802. The molecule has 1 amide bonds. The van der Waals surface area contributed by atoms with Crippen LogP contribution in [0.25, 0.3) is 6.08 Å². The molecule has 2 aromatic carbocycles. The minimum atomic E-state index is -0.136. The van der Waals surface area contributed by atoms with Crippen LogP contribution in [0.4, 0.5) is 5.69 Å². The van der Waals surface area contributed by atoms with Gasteiger partial charge in [0.1, 0.15) is 5.75 Å². The highest BCUT2D eigenvalue weighted by Gasteiger charge is 2.33. The molecule has 1 fully saturated rings. The lowest BCUT2D eigenvalue weighted by Gasteiger charge is -2.15. The van der Waals surface area contributed by atoms with Crippen LogP contribution >= 0.6 is 35.6 Å². The van der Waals surface area contributed by atoms with Crippen molar-refractivity contribution in [1.29, 1.82) is 0 Å². The molecular formula is C17H12ClNO2S2. The average Bonchev–Trinajstić information content (AvgIpc) is 2.83. The third-order valence-electron chi connectivity index (χ3n) is 3.27. The van der Waals surface area contributed by atoms with E-state index in [2.05, 4.69) is 0 Å². The number of benzene rings is 2. The standard InChI is InChI=1S/C17H12ClNO2S2/c1-21-14-4-2-3-13(10-14)19-16(20)15(23-17(19)22)9-11-5-7-12(18)8-6-11/h2-10H,1H3. The predicted octanol–water partition coefficient (Wildman–Crippen LogP) is 4.75. The van der Waals surface area contributed by atoms with Gasteiger partial charge in [-0.3, -0.25) is 9.69 Å². The fourth-order valence-electron chi connectivity index (χ4n) is 2.15. The van der Waals surface area contributed by atoms with E-state index in [9.17, 15) is 4.79 Å². The van der Waals surface area contributed by atoms with Crippen LogP contribution in [0, 0.1) is 0 Å². The molecule has 0 atom stereocenters. The second-order valence-electron chi connectivity index (χ2n) is 4.77. The van der Waals surface area contributed by atoms with Gasteiger partial charge in [0, 0.05) is 11.1 Å². The van der Waals surface area contributed by atoms with Gasteiger partial charge >= 0.3 is 0 Å². The Morgan fingerprint density at radius 1 is 1.22 bits per heavy atom. The summed E-state index contributed by atoms with van der Waals surface area (Å²) < 4.78 is 5.71. The summed E-state index contributed by atoms with van der Waals surface area (Å²) in [5, 5.41) is 0.658. The van der Waals surface area contributed by atoms with E-state index in [0.717, 1.165) is 5.56 Å². The molecule has 0 saturated carbocycles. The van der Waals surface area contributed by atoms with Gasteiger partial charge < -0.3 is 4.74 Å². The zero-order valence-corrected chi connectivity index (χ0v) is 14.5. The lowest BCUT2D eigenvalue weighted by Crippen LogP contribution is -2.27. The van der Waals surface area contributed by atoms with Crippen LogP contribution in [0.2, 0.25) is 5.02 Å². The predicted molar refractivity (Wildman–Crippen MR) is 100 cm³/mol. The first-order valence-electron chi connectivity index (χ1n) is 6.76. The first-order valence-corrected chi connectivity index (χ1v) is 8.36. The molecule has 1 aliphatic rings. The maximum Gasteiger partial charge on any atom is 0.270 e. The molecule has 0 unspecified atom stereocenters. The zero-order chi connectivity index (χ0) is 16.4. The van der Waals surface area contributed by atoms with Crippen LogP contribution in [0.5, 0.6) is 5.75 Å². The summed E-state index contributed by atoms with van der Waals surface area (Å²) in [6.07, 6.45) is 1.82. The molecule has 3 nitrogen and oxygen atoms in total. The van der Waals surface area contributed by atoms with Gasteiger partial charge in [-0.25, -0.2) is 0 Å². The molecule has 6 heteroatoms. The SMILES string of the molecule is COc1cccc(N2C(=O)C(=Cc3ccc(Cl)cc3)SC2=S)c1. The smallest absolute Gasteiger partial charge is 0.270 e. The summed E-state index contributed by atoms with van der Waals surface area (Å²) in [6.45, 7) is 0. The number of ether oxygens (including phenoxy) is 1. The molecular weight excluding hydrogens is 350 g/mol. The Kier molecular flexibility index (Phi) is 4.71. The van der Waals surface area contributed by atoms with Crippen molar-refractivity contribution in [3.63, 3.8) is 0 Å². The number of amides is 1. The summed E-state index contributed by atoms with van der Waals surface area (Å²) >= 11 is 12.5. The summed E-state index contributed by atoms with van der Waals surface area (Å²) in [6, 6.07) is 14.6. The van der Waals surface area contributed by atoms with Gasteiger partial charge in [0.2, 0.25) is 0 Å². The first kappa shape index (κ1) is 16.1. The molecule has 1 aliphatic heterocycles. The molecule has 0 aromatic heterocycles. The molecule has 1 heterocycles. The third kappa shape index (κ3) is 3.42. The van der Waals surface area contributed by atoms with Gasteiger partial charge in [0.05, 0.1) is 17.7 Å². The van der Waals surface area contributed by atoms with Crippen molar-refractivity contribution in [3.05, 3.63) is 64.0 Å². The van der Waals surface area contributed by atoms with Crippen molar-refractivity contribution in [2.24, 2.45) is 0 Å². The van der Waals surface area contributed by atoms with E-state index in [-0.39, 0.29) is 5.91 Å². The van der Waals surface area contributed by atoms with Crippen molar-refractivity contribution in [1.82, 2.24) is 0 Å². The highest BCUT2D eigenvalue weighted by molar-refractivity contribution is 8.27. The van der Waals surface area contributed by atoms with Crippen LogP contribution in [-0.2, 0) is 4.79 Å². The van der Waals surface area contributed by atoms with E-state index in [1.165, 1.54) is 16.7 Å². The molecule has 0 radical (unpaired) electrons. The second-order valence-corrected chi connectivity index (χ2v) is 6.88. The Morgan fingerprint density at radius 2 is 1.96 bits per heavy atom. The molecule has 0 N–H and O–H groups in total. The summed E-state index contributed by atoms with van der Waals surface area (Å²) in [5.41, 5.74) is 1.60. The van der Waals surface area contributed by atoms with Crippen LogP contribution in [0.15, 0.2) is 53.4 Å². The van der Waals surface area contributed by atoms with Crippen molar-refractivity contribution < 1.29 is 9.53 Å².